The highest BCUT2D eigenvalue weighted by atomic mass is 16.6. The van der Waals surface area contributed by atoms with Crippen LogP contribution in [0.15, 0.2) is 24.3 Å². The van der Waals surface area contributed by atoms with Crippen molar-refractivity contribution in [3.05, 3.63) is 29.8 Å². The fourth-order valence-corrected chi connectivity index (χ4v) is 2.89. The van der Waals surface area contributed by atoms with Gasteiger partial charge < -0.3 is 20.3 Å². The van der Waals surface area contributed by atoms with E-state index in [9.17, 15) is 9.59 Å². The molecule has 1 aliphatic heterocycles. The zero-order valence-corrected chi connectivity index (χ0v) is 16.2. The molecule has 7 heteroatoms. The number of amides is 2. The second-order valence-electron chi connectivity index (χ2n) is 7.75. The van der Waals surface area contributed by atoms with Crippen LogP contribution < -0.4 is 10.6 Å². The van der Waals surface area contributed by atoms with Crippen LogP contribution in [0.1, 0.15) is 45.6 Å². The number of alkyl carbamates (subject to hydrolysis) is 1. The van der Waals surface area contributed by atoms with Crippen LogP contribution in [0.5, 0.6) is 0 Å². The van der Waals surface area contributed by atoms with Gasteiger partial charge in [-0.3, -0.25) is 4.79 Å². The monoisotopic (exact) mass is 372 g/mol. The van der Waals surface area contributed by atoms with Crippen LogP contribution in [0.2, 0.25) is 0 Å². The number of ether oxygens (including phenoxy) is 1. The van der Waals surface area contributed by atoms with Crippen molar-refractivity contribution < 1.29 is 14.3 Å². The third-order valence-electron chi connectivity index (χ3n) is 4.26. The molecule has 1 fully saturated rings. The smallest absolute Gasteiger partial charge is 0.407 e. The number of hydrogen-bond acceptors (Lipinski definition) is 5. The summed E-state index contributed by atoms with van der Waals surface area (Å²) >= 11 is 0. The van der Waals surface area contributed by atoms with Gasteiger partial charge in [0.05, 0.1) is 11.6 Å². The zero-order valence-electron chi connectivity index (χ0n) is 16.2. The molecule has 0 saturated carbocycles. The molecule has 7 nitrogen and oxygen atoms in total. The number of carbonyl (C=O) groups excluding carboxylic acids is 2. The first-order chi connectivity index (χ1) is 12.7. The Morgan fingerprint density at radius 1 is 1.22 bits per heavy atom. The molecule has 0 atom stereocenters. The molecule has 0 aliphatic carbocycles. The van der Waals surface area contributed by atoms with E-state index in [0.717, 1.165) is 25.9 Å². The third kappa shape index (κ3) is 7.67. The van der Waals surface area contributed by atoms with Gasteiger partial charge in [0.25, 0.3) is 0 Å². The maximum Gasteiger partial charge on any atom is 0.407 e. The van der Waals surface area contributed by atoms with Gasteiger partial charge in [-0.25, -0.2) is 4.79 Å². The van der Waals surface area contributed by atoms with Crippen molar-refractivity contribution in [1.29, 1.82) is 5.26 Å². The normalized spacial score (nSPS) is 15.6. The highest BCUT2D eigenvalue weighted by Crippen LogP contribution is 2.13. The number of hydrogen-bond donors (Lipinski definition) is 2. The maximum atomic E-state index is 12.1. The molecule has 0 radical (unpaired) electrons. The second kappa shape index (κ2) is 9.38. The van der Waals surface area contributed by atoms with Gasteiger partial charge in [-0.1, -0.05) is 0 Å². The van der Waals surface area contributed by atoms with Crippen molar-refractivity contribution in [2.45, 2.75) is 51.7 Å². The van der Waals surface area contributed by atoms with Crippen molar-refractivity contribution in [3.63, 3.8) is 0 Å². The largest absolute Gasteiger partial charge is 0.444 e. The third-order valence-corrected chi connectivity index (χ3v) is 4.26. The van der Waals surface area contributed by atoms with Crippen molar-refractivity contribution in [2.75, 3.05) is 25.0 Å². The van der Waals surface area contributed by atoms with Gasteiger partial charge in [0, 0.05) is 37.8 Å². The minimum Gasteiger partial charge on any atom is -0.444 e. The molecule has 1 aromatic carbocycles. The molecule has 2 amide bonds. The lowest BCUT2D eigenvalue weighted by molar-refractivity contribution is -0.116. The van der Waals surface area contributed by atoms with Crippen LogP contribution in [0, 0.1) is 11.3 Å². The van der Waals surface area contributed by atoms with E-state index in [4.69, 9.17) is 10.00 Å². The van der Waals surface area contributed by atoms with Crippen molar-refractivity contribution >= 4 is 17.7 Å². The summed E-state index contributed by atoms with van der Waals surface area (Å²) in [7, 11) is 0. The number of nitrogens with zero attached hydrogens (tertiary/aromatic N) is 2. The van der Waals surface area contributed by atoms with Crippen LogP contribution in [0.25, 0.3) is 0 Å². The predicted molar refractivity (Wildman–Crippen MR) is 103 cm³/mol. The van der Waals surface area contributed by atoms with Crippen LogP contribution >= 0.6 is 0 Å². The number of nitriles is 1. The Hall–Kier alpha value is -2.59. The van der Waals surface area contributed by atoms with Crippen molar-refractivity contribution in [3.8, 4) is 6.07 Å². The first kappa shape index (κ1) is 20.7. The minimum absolute atomic E-state index is 0.0475. The molecule has 2 rings (SSSR count). The molecule has 0 bridgehead atoms. The van der Waals surface area contributed by atoms with Crippen LogP contribution in [-0.4, -0.2) is 48.2 Å². The quantitative estimate of drug-likeness (QED) is 0.829. The second-order valence-corrected chi connectivity index (χ2v) is 7.75. The fraction of sp³-hybridized carbons (Fsp3) is 0.550. The van der Waals surface area contributed by atoms with Crippen LogP contribution in [0.3, 0.4) is 0 Å². The number of piperidine rings is 1. The van der Waals surface area contributed by atoms with E-state index in [1.165, 1.54) is 0 Å². The van der Waals surface area contributed by atoms with Gasteiger partial charge in [-0.05, 0) is 57.9 Å². The topological polar surface area (TPSA) is 94.5 Å². The molecule has 27 heavy (non-hydrogen) atoms. The lowest BCUT2D eigenvalue weighted by Gasteiger charge is -2.32. The standard InChI is InChI=1S/C20H28N4O3/c1-20(2,3)27-19(26)23-17-8-11-24(12-9-17)13-10-18(25)22-16-6-4-15(14-21)5-7-16/h4-7,17H,8-13H2,1-3H3,(H,22,25)(H,23,26). The first-order valence-electron chi connectivity index (χ1n) is 9.27. The SMILES string of the molecule is CC(C)(C)OC(=O)NC1CCN(CCC(=O)Nc2ccc(C#N)cc2)CC1. The Morgan fingerprint density at radius 2 is 1.85 bits per heavy atom. The van der Waals surface area contributed by atoms with Crippen LogP contribution in [0.4, 0.5) is 10.5 Å². The van der Waals surface area contributed by atoms with Gasteiger partial charge in [0.1, 0.15) is 5.60 Å². The van der Waals surface area contributed by atoms with Gasteiger partial charge >= 0.3 is 6.09 Å². The molecule has 0 unspecified atom stereocenters. The summed E-state index contributed by atoms with van der Waals surface area (Å²) in [4.78, 5) is 26.1. The Balaban J connectivity index is 1.66. The average molecular weight is 372 g/mol. The van der Waals surface area contributed by atoms with E-state index in [1.807, 2.05) is 26.8 Å². The summed E-state index contributed by atoms with van der Waals surface area (Å²) in [5, 5.41) is 14.5. The van der Waals surface area contributed by atoms with E-state index in [2.05, 4.69) is 15.5 Å². The molecule has 146 valence electrons. The Morgan fingerprint density at radius 3 is 2.41 bits per heavy atom. The van der Waals surface area contributed by atoms with Crippen LogP contribution in [-0.2, 0) is 9.53 Å². The number of benzene rings is 1. The number of nitrogens with one attached hydrogen (secondary N) is 2. The van der Waals surface area contributed by atoms with E-state index in [1.54, 1.807) is 24.3 Å². The Kier molecular flexibility index (Phi) is 7.19. The van der Waals surface area contributed by atoms with Gasteiger partial charge in [0.15, 0.2) is 0 Å². The molecule has 0 aromatic heterocycles. The molecular weight excluding hydrogens is 344 g/mol. The molecular formula is C20H28N4O3. The lowest BCUT2D eigenvalue weighted by atomic mass is 10.1. The Bertz CT molecular complexity index is 681. The van der Waals surface area contributed by atoms with Crippen molar-refractivity contribution in [1.82, 2.24) is 10.2 Å². The average Bonchev–Trinajstić information content (AvgIpc) is 2.60. The van der Waals surface area contributed by atoms with E-state index >= 15 is 0 Å². The predicted octanol–water partition coefficient (Wildman–Crippen LogP) is 2.88. The number of rotatable bonds is 5. The minimum atomic E-state index is -0.493. The number of anilines is 1. The molecule has 1 saturated heterocycles. The summed E-state index contributed by atoms with van der Waals surface area (Å²) in [6.45, 7) is 7.89. The summed E-state index contributed by atoms with van der Waals surface area (Å²) < 4.78 is 5.28. The summed E-state index contributed by atoms with van der Waals surface area (Å²) in [6.07, 6.45) is 1.72. The molecule has 1 aliphatic rings. The number of carbonyl (C=O) groups is 2. The molecule has 0 spiro atoms. The highest BCUT2D eigenvalue weighted by Gasteiger charge is 2.23. The molecule has 1 aromatic rings. The molecule has 2 N–H and O–H groups in total. The summed E-state index contributed by atoms with van der Waals surface area (Å²) in [6, 6.07) is 8.97. The van der Waals surface area contributed by atoms with E-state index < -0.39 is 5.60 Å². The van der Waals surface area contributed by atoms with E-state index in [-0.39, 0.29) is 18.0 Å². The van der Waals surface area contributed by atoms with Gasteiger partial charge in [0.2, 0.25) is 5.91 Å². The summed E-state index contributed by atoms with van der Waals surface area (Å²) in [5.41, 5.74) is 0.766. The van der Waals surface area contributed by atoms with Crippen molar-refractivity contribution in [2.24, 2.45) is 0 Å². The first-order valence-corrected chi connectivity index (χ1v) is 9.27. The summed E-state index contributed by atoms with van der Waals surface area (Å²) in [5.74, 6) is -0.0475. The lowest BCUT2D eigenvalue weighted by Crippen LogP contribution is -2.46. The zero-order chi connectivity index (χ0) is 19.9. The fourth-order valence-electron chi connectivity index (χ4n) is 2.89. The highest BCUT2D eigenvalue weighted by molar-refractivity contribution is 5.90. The van der Waals surface area contributed by atoms with Gasteiger partial charge in [-0.2, -0.15) is 5.26 Å². The maximum absolute atomic E-state index is 12.1. The molecule has 1 heterocycles. The van der Waals surface area contributed by atoms with E-state index in [0.29, 0.717) is 24.2 Å². The van der Waals surface area contributed by atoms with Gasteiger partial charge in [-0.15, -0.1) is 0 Å². The number of likely N-dealkylation sites (tertiary alicyclic amines) is 1. The Labute approximate surface area is 160 Å².